The minimum absolute atomic E-state index is 0.152. The molecule has 0 amide bonds. The van der Waals surface area contributed by atoms with E-state index in [1.54, 1.807) is 17.1 Å². The van der Waals surface area contributed by atoms with E-state index in [0.717, 1.165) is 24.2 Å². The molecular weight excluding hydrogens is 276 g/mol. The van der Waals surface area contributed by atoms with Crippen LogP contribution in [0, 0.1) is 13.8 Å². The number of aryl methyl sites for hydroxylation is 2. The molecule has 7 heteroatoms. The van der Waals surface area contributed by atoms with Gasteiger partial charge in [0.25, 0.3) is 10.0 Å². The molecule has 3 N–H and O–H groups in total. The van der Waals surface area contributed by atoms with Gasteiger partial charge in [-0.3, -0.25) is 0 Å². The van der Waals surface area contributed by atoms with Crippen LogP contribution in [0.4, 0.5) is 5.69 Å². The third-order valence-electron chi connectivity index (χ3n) is 3.67. The molecule has 6 nitrogen and oxygen atoms in total. The van der Waals surface area contributed by atoms with E-state index in [9.17, 15) is 8.42 Å². The van der Waals surface area contributed by atoms with Crippen LogP contribution in [0.25, 0.3) is 0 Å². The Morgan fingerprint density at radius 2 is 1.65 bits per heavy atom. The van der Waals surface area contributed by atoms with Crippen LogP contribution in [0.5, 0.6) is 0 Å². The van der Waals surface area contributed by atoms with Crippen molar-refractivity contribution in [3.8, 4) is 0 Å². The van der Waals surface area contributed by atoms with E-state index in [1.807, 2.05) is 20.9 Å². The first-order valence-electron chi connectivity index (χ1n) is 6.62. The standard InChI is InChI=1S/C13H22N4O2S/c1-10-8-12(14)13(9-11(10)2)20(18,19)15-17-6-4-16(3)5-7-17/h8-9,15H,4-7,14H2,1-3H3. The molecule has 0 unspecified atom stereocenters. The number of nitrogens with zero attached hydrogens (tertiary/aromatic N) is 2. The second-order valence-electron chi connectivity index (χ2n) is 5.36. The summed E-state index contributed by atoms with van der Waals surface area (Å²) in [5, 5.41) is 1.73. The second-order valence-corrected chi connectivity index (χ2v) is 6.99. The molecule has 1 heterocycles. The third kappa shape index (κ3) is 3.29. The summed E-state index contributed by atoms with van der Waals surface area (Å²) in [6.45, 7) is 6.80. The van der Waals surface area contributed by atoms with Gasteiger partial charge in [0.1, 0.15) is 4.90 Å². The van der Waals surface area contributed by atoms with Crippen LogP contribution in [0.2, 0.25) is 0 Å². The number of benzene rings is 1. The van der Waals surface area contributed by atoms with Gasteiger partial charge in [0, 0.05) is 26.2 Å². The Hall–Kier alpha value is -1.15. The van der Waals surface area contributed by atoms with E-state index in [1.165, 1.54) is 0 Å². The van der Waals surface area contributed by atoms with Crippen molar-refractivity contribution >= 4 is 15.7 Å². The van der Waals surface area contributed by atoms with E-state index in [0.29, 0.717) is 13.1 Å². The molecule has 20 heavy (non-hydrogen) atoms. The third-order valence-corrected chi connectivity index (χ3v) is 5.10. The fraction of sp³-hybridized carbons (Fsp3) is 0.538. The van der Waals surface area contributed by atoms with Crippen LogP contribution in [-0.4, -0.2) is 51.6 Å². The number of sulfonamides is 1. The van der Waals surface area contributed by atoms with E-state index in [2.05, 4.69) is 9.73 Å². The first kappa shape index (κ1) is 15.2. The molecule has 0 bridgehead atoms. The Morgan fingerprint density at radius 3 is 2.25 bits per heavy atom. The largest absolute Gasteiger partial charge is 0.398 e. The van der Waals surface area contributed by atoms with Gasteiger partial charge >= 0.3 is 0 Å². The molecule has 0 saturated carbocycles. The topological polar surface area (TPSA) is 78.7 Å². The molecule has 112 valence electrons. The predicted octanol–water partition coefficient (Wildman–Crippen LogP) is 0.326. The molecule has 0 aromatic heterocycles. The Bertz CT molecular complexity index is 593. The lowest BCUT2D eigenvalue weighted by Crippen LogP contribution is -2.52. The SMILES string of the molecule is Cc1cc(N)c(S(=O)(=O)NN2CCN(C)CC2)cc1C. The number of likely N-dealkylation sites (N-methyl/N-ethyl adjacent to an activating group) is 1. The summed E-state index contributed by atoms with van der Waals surface area (Å²) in [7, 11) is -1.59. The molecule has 0 atom stereocenters. The molecule has 1 fully saturated rings. The molecular formula is C13H22N4O2S. The van der Waals surface area contributed by atoms with Gasteiger partial charge < -0.3 is 10.6 Å². The van der Waals surface area contributed by atoms with Gasteiger partial charge in [-0.25, -0.2) is 13.4 Å². The normalized spacial score (nSPS) is 18.4. The van der Waals surface area contributed by atoms with Crippen molar-refractivity contribution in [1.82, 2.24) is 14.7 Å². The number of hydrogen-bond donors (Lipinski definition) is 2. The smallest absolute Gasteiger partial charge is 0.255 e. The zero-order chi connectivity index (χ0) is 14.9. The molecule has 1 aliphatic rings. The van der Waals surface area contributed by atoms with Crippen LogP contribution in [-0.2, 0) is 10.0 Å². The monoisotopic (exact) mass is 298 g/mol. The van der Waals surface area contributed by atoms with Crippen LogP contribution in [0.15, 0.2) is 17.0 Å². The van der Waals surface area contributed by atoms with E-state index in [4.69, 9.17) is 5.73 Å². The molecule has 2 rings (SSSR count). The zero-order valence-electron chi connectivity index (χ0n) is 12.2. The molecule has 1 aliphatic heterocycles. The quantitative estimate of drug-likeness (QED) is 0.786. The highest BCUT2D eigenvalue weighted by atomic mass is 32.2. The van der Waals surface area contributed by atoms with Crippen LogP contribution in [0.1, 0.15) is 11.1 Å². The lowest BCUT2D eigenvalue weighted by atomic mass is 10.1. The van der Waals surface area contributed by atoms with E-state index < -0.39 is 10.0 Å². The second kappa shape index (κ2) is 5.69. The van der Waals surface area contributed by atoms with Crippen LogP contribution >= 0.6 is 0 Å². The average molecular weight is 298 g/mol. The van der Waals surface area contributed by atoms with Crippen molar-refractivity contribution in [3.05, 3.63) is 23.3 Å². The van der Waals surface area contributed by atoms with Crippen molar-refractivity contribution in [3.63, 3.8) is 0 Å². The number of anilines is 1. The van der Waals surface area contributed by atoms with E-state index in [-0.39, 0.29) is 10.6 Å². The maximum Gasteiger partial charge on any atom is 0.255 e. The number of hydrogen-bond acceptors (Lipinski definition) is 5. The number of nitrogen functional groups attached to an aromatic ring is 1. The molecule has 0 radical (unpaired) electrons. The van der Waals surface area contributed by atoms with Crippen molar-refractivity contribution in [1.29, 1.82) is 0 Å². The molecule has 1 aromatic rings. The van der Waals surface area contributed by atoms with Gasteiger partial charge in [0.2, 0.25) is 0 Å². The summed E-state index contributed by atoms with van der Waals surface area (Å²) in [4.78, 5) is 4.93. The fourth-order valence-electron chi connectivity index (χ4n) is 2.16. The summed E-state index contributed by atoms with van der Waals surface area (Å²) in [6, 6.07) is 3.33. The van der Waals surface area contributed by atoms with Crippen LogP contribution < -0.4 is 10.6 Å². The van der Waals surface area contributed by atoms with Crippen molar-refractivity contribution in [2.75, 3.05) is 39.0 Å². The average Bonchev–Trinajstić information content (AvgIpc) is 2.36. The highest BCUT2D eigenvalue weighted by Crippen LogP contribution is 2.22. The Morgan fingerprint density at radius 1 is 1.10 bits per heavy atom. The lowest BCUT2D eigenvalue weighted by molar-refractivity contribution is 0.135. The van der Waals surface area contributed by atoms with Crippen molar-refractivity contribution in [2.45, 2.75) is 18.7 Å². The summed E-state index contributed by atoms with van der Waals surface area (Å²) in [5.74, 6) is 0. The number of nitrogens with one attached hydrogen (secondary N) is 1. The van der Waals surface area contributed by atoms with Crippen LogP contribution in [0.3, 0.4) is 0 Å². The predicted molar refractivity (Wildman–Crippen MR) is 79.7 cm³/mol. The minimum atomic E-state index is -3.61. The lowest BCUT2D eigenvalue weighted by Gasteiger charge is -2.32. The maximum absolute atomic E-state index is 12.4. The highest BCUT2D eigenvalue weighted by molar-refractivity contribution is 7.89. The van der Waals surface area contributed by atoms with E-state index >= 15 is 0 Å². The van der Waals surface area contributed by atoms with Gasteiger partial charge in [-0.2, -0.15) is 0 Å². The highest BCUT2D eigenvalue weighted by Gasteiger charge is 2.23. The van der Waals surface area contributed by atoms with Crippen molar-refractivity contribution < 1.29 is 8.42 Å². The van der Waals surface area contributed by atoms with Crippen molar-refractivity contribution in [2.24, 2.45) is 0 Å². The summed E-state index contributed by atoms with van der Waals surface area (Å²) < 4.78 is 24.8. The van der Waals surface area contributed by atoms with Gasteiger partial charge in [-0.05, 0) is 44.2 Å². The van der Waals surface area contributed by atoms with Gasteiger partial charge in [0.15, 0.2) is 0 Å². The number of nitrogens with two attached hydrogens (primary N) is 1. The fourth-order valence-corrected chi connectivity index (χ4v) is 3.48. The summed E-state index contributed by atoms with van der Waals surface area (Å²) >= 11 is 0. The molecule has 0 aliphatic carbocycles. The first-order chi connectivity index (χ1) is 9.29. The number of hydrazine groups is 1. The van der Waals surface area contributed by atoms with Gasteiger partial charge in [-0.15, -0.1) is 4.83 Å². The molecule has 0 spiro atoms. The summed E-state index contributed by atoms with van der Waals surface area (Å²) in [6.07, 6.45) is 0. The maximum atomic E-state index is 12.4. The zero-order valence-corrected chi connectivity index (χ0v) is 13.0. The first-order valence-corrected chi connectivity index (χ1v) is 8.10. The number of rotatable bonds is 3. The molecule has 1 aromatic carbocycles. The summed E-state index contributed by atoms with van der Waals surface area (Å²) in [5.41, 5.74) is 8.05. The van der Waals surface area contributed by atoms with Gasteiger partial charge in [-0.1, -0.05) is 0 Å². The Balaban J connectivity index is 2.20. The molecule has 1 saturated heterocycles. The minimum Gasteiger partial charge on any atom is -0.398 e. The van der Waals surface area contributed by atoms with Gasteiger partial charge in [0.05, 0.1) is 5.69 Å². The Kier molecular flexibility index (Phi) is 4.33. The Labute approximate surface area is 120 Å². The number of piperazine rings is 1.